The second-order valence-electron chi connectivity index (χ2n) is 3.93. The van der Waals surface area contributed by atoms with Crippen molar-refractivity contribution in [1.29, 1.82) is 0 Å². The van der Waals surface area contributed by atoms with Gasteiger partial charge in [-0.15, -0.1) is 0 Å². The van der Waals surface area contributed by atoms with Crippen molar-refractivity contribution in [2.45, 2.75) is 38.9 Å². The molecule has 70 valence electrons. The first kappa shape index (κ1) is 9.52. The van der Waals surface area contributed by atoms with Crippen molar-refractivity contribution in [3.63, 3.8) is 0 Å². The molecule has 1 rings (SSSR count). The van der Waals surface area contributed by atoms with Crippen LogP contribution in [0.4, 0.5) is 0 Å². The van der Waals surface area contributed by atoms with Crippen LogP contribution in [0.25, 0.3) is 0 Å². The van der Waals surface area contributed by atoms with Crippen LogP contribution in [-0.2, 0) is 14.3 Å². The Balaban J connectivity index is 2.42. The lowest BCUT2D eigenvalue weighted by Gasteiger charge is -2.07. The van der Waals surface area contributed by atoms with E-state index < -0.39 is 0 Å². The third-order valence-electron chi connectivity index (χ3n) is 2.11. The lowest BCUT2D eigenvalue weighted by molar-refractivity contribution is -0.142. The average Bonchev–Trinajstić information content (AvgIpc) is 2.59. The fraction of sp³-hybridized carbons (Fsp3) is 0.889. The fourth-order valence-corrected chi connectivity index (χ4v) is 1.61. The number of ether oxygens (including phenoxy) is 2. The van der Waals surface area contributed by atoms with Crippen LogP contribution in [0.1, 0.15) is 27.2 Å². The zero-order valence-corrected chi connectivity index (χ0v) is 8.09. The summed E-state index contributed by atoms with van der Waals surface area (Å²) < 4.78 is 9.88. The van der Waals surface area contributed by atoms with Gasteiger partial charge in [-0.1, -0.05) is 13.8 Å². The van der Waals surface area contributed by atoms with Crippen molar-refractivity contribution in [2.75, 3.05) is 7.11 Å². The topological polar surface area (TPSA) is 38.8 Å². The van der Waals surface area contributed by atoms with Crippen molar-refractivity contribution < 1.29 is 14.3 Å². The standard InChI is InChI=1S/C9H16O3/c1-6(2)5-9(3)7(12-9)8(10)11-4/h6-7H,5H2,1-4H3. The summed E-state index contributed by atoms with van der Waals surface area (Å²) >= 11 is 0. The van der Waals surface area contributed by atoms with Gasteiger partial charge < -0.3 is 9.47 Å². The van der Waals surface area contributed by atoms with E-state index in [-0.39, 0.29) is 17.7 Å². The van der Waals surface area contributed by atoms with E-state index in [1.54, 1.807) is 0 Å². The third-order valence-corrected chi connectivity index (χ3v) is 2.11. The van der Waals surface area contributed by atoms with Crippen LogP contribution < -0.4 is 0 Å². The molecule has 1 saturated heterocycles. The van der Waals surface area contributed by atoms with Crippen LogP contribution in [-0.4, -0.2) is 24.8 Å². The Bertz CT molecular complexity index is 188. The molecular formula is C9H16O3. The molecule has 1 aliphatic heterocycles. The van der Waals surface area contributed by atoms with Crippen LogP contribution in [0, 0.1) is 5.92 Å². The Morgan fingerprint density at radius 1 is 1.67 bits per heavy atom. The van der Waals surface area contributed by atoms with Crippen molar-refractivity contribution in [3.8, 4) is 0 Å². The average molecular weight is 172 g/mol. The van der Waals surface area contributed by atoms with E-state index in [2.05, 4.69) is 18.6 Å². The molecule has 1 fully saturated rings. The first-order valence-electron chi connectivity index (χ1n) is 4.25. The Labute approximate surface area is 73.0 Å². The lowest BCUT2D eigenvalue weighted by Crippen LogP contribution is -2.20. The molecule has 0 N–H and O–H groups in total. The molecule has 3 nitrogen and oxygen atoms in total. The van der Waals surface area contributed by atoms with E-state index in [1.807, 2.05) is 6.92 Å². The smallest absolute Gasteiger partial charge is 0.338 e. The highest BCUT2D eigenvalue weighted by molar-refractivity contribution is 5.79. The van der Waals surface area contributed by atoms with Gasteiger partial charge in [0.2, 0.25) is 0 Å². The molecule has 0 bridgehead atoms. The highest BCUT2D eigenvalue weighted by Crippen LogP contribution is 2.41. The first-order valence-corrected chi connectivity index (χ1v) is 4.25. The molecule has 0 spiro atoms. The zero-order valence-electron chi connectivity index (χ0n) is 8.09. The van der Waals surface area contributed by atoms with Gasteiger partial charge in [-0.2, -0.15) is 0 Å². The zero-order chi connectivity index (χ0) is 9.35. The maximum Gasteiger partial charge on any atom is 0.338 e. The summed E-state index contributed by atoms with van der Waals surface area (Å²) in [5.74, 6) is 0.294. The van der Waals surface area contributed by atoms with E-state index >= 15 is 0 Å². The highest BCUT2D eigenvalue weighted by Gasteiger charge is 2.57. The van der Waals surface area contributed by atoms with Gasteiger partial charge in [0.25, 0.3) is 0 Å². The quantitative estimate of drug-likeness (QED) is 0.476. The van der Waals surface area contributed by atoms with Gasteiger partial charge >= 0.3 is 5.97 Å². The largest absolute Gasteiger partial charge is 0.467 e. The van der Waals surface area contributed by atoms with Crippen molar-refractivity contribution in [2.24, 2.45) is 5.92 Å². The van der Waals surface area contributed by atoms with Crippen molar-refractivity contribution in [1.82, 2.24) is 0 Å². The molecule has 0 aromatic rings. The maximum absolute atomic E-state index is 11.0. The number of methoxy groups -OCH3 is 1. The monoisotopic (exact) mass is 172 g/mol. The summed E-state index contributed by atoms with van der Waals surface area (Å²) in [5.41, 5.74) is -0.263. The van der Waals surface area contributed by atoms with Gasteiger partial charge in [0.1, 0.15) is 5.60 Å². The SMILES string of the molecule is COC(=O)C1OC1(C)CC(C)C. The van der Waals surface area contributed by atoms with Gasteiger partial charge in [-0.3, -0.25) is 0 Å². The van der Waals surface area contributed by atoms with Crippen LogP contribution in [0.3, 0.4) is 0 Å². The summed E-state index contributed by atoms with van der Waals surface area (Å²) in [5, 5.41) is 0. The minimum absolute atomic E-state index is 0.252. The highest BCUT2D eigenvalue weighted by atomic mass is 16.6. The van der Waals surface area contributed by atoms with Gasteiger partial charge in [-0.25, -0.2) is 4.79 Å². The molecule has 12 heavy (non-hydrogen) atoms. The second-order valence-corrected chi connectivity index (χ2v) is 3.93. The number of rotatable bonds is 3. The fourth-order valence-electron chi connectivity index (χ4n) is 1.61. The lowest BCUT2D eigenvalue weighted by atomic mass is 9.96. The third kappa shape index (κ3) is 1.78. The molecule has 0 radical (unpaired) electrons. The van der Waals surface area contributed by atoms with Crippen molar-refractivity contribution in [3.05, 3.63) is 0 Å². The minimum atomic E-state index is -0.329. The Morgan fingerprint density at radius 3 is 2.67 bits per heavy atom. The first-order chi connectivity index (χ1) is 5.49. The second kappa shape index (κ2) is 3.05. The molecule has 0 amide bonds. The van der Waals surface area contributed by atoms with Crippen molar-refractivity contribution >= 4 is 5.97 Å². The number of esters is 1. The summed E-state index contributed by atoms with van der Waals surface area (Å²) in [4.78, 5) is 11.0. The van der Waals surface area contributed by atoms with Crippen LogP contribution in [0.15, 0.2) is 0 Å². The van der Waals surface area contributed by atoms with E-state index in [9.17, 15) is 4.79 Å². The molecule has 0 saturated carbocycles. The number of epoxide rings is 1. The van der Waals surface area contributed by atoms with Gasteiger partial charge in [0.05, 0.1) is 7.11 Å². The molecule has 0 aromatic carbocycles. The molecule has 0 aromatic heterocycles. The van der Waals surface area contributed by atoms with Gasteiger partial charge in [-0.05, 0) is 19.3 Å². The molecular weight excluding hydrogens is 156 g/mol. The van der Waals surface area contributed by atoms with E-state index in [0.29, 0.717) is 5.92 Å². The number of hydrogen-bond acceptors (Lipinski definition) is 3. The molecule has 3 heteroatoms. The van der Waals surface area contributed by atoms with Crippen LogP contribution in [0.5, 0.6) is 0 Å². The molecule has 1 heterocycles. The van der Waals surface area contributed by atoms with E-state index in [0.717, 1.165) is 6.42 Å². The normalized spacial score (nSPS) is 33.6. The number of carbonyl (C=O) groups excluding carboxylic acids is 1. The van der Waals surface area contributed by atoms with E-state index in [1.165, 1.54) is 7.11 Å². The predicted molar refractivity (Wildman–Crippen MR) is 44.7 cm³/mol. The summed E-state index contributed by atoms with van der Waals surface area (Å²) in [6.07, 6.45) is 0.581. The maximum atomic E-state index is 11.0. The molecule has 2 unspecified atom stereocenters. The molecule has 2 atom stereocenters. The molecule has 0 aliphatic carbocycles. The van der Waals surface area contributed by atoms with Crippen LogP contribution in [0.2, 0.25) is 0 Å². The Morgan fingerprint density at radius 2 is 2.25 bits per heavy atom. The van der Waals surface area contributed by atoms with Gasteiger partial charge in [0, 0.05) is 0 Å². The Kier molecular flexibility index (Phi) is 2.42. The van der Waals surface area contributed by atoms with E-state index in [4.69, 9.17) is 4.74 Å². The van der Waals surface area contributed by atoms with Gasteiger partial charge in [0.15, 0.2) is 6.10 Å². The minimum Gasteiger partial charge on any atom is -0.467 e. The number of hydrogen-bond donors (Lipinski definition) is 0. The van der Waals surface area contributed by atoms with Crippen LogP contribution >= 0.6 is 0 Å². The number of carbonyl (C=O) groups is 1. The Hall–Kier alpha value is -0.570. The predicted octanol–water partition coefficient (Wildman–Crippen LogP) is 1.36. The summed E-state index contributed by atoms with van der Waals surface area (Å²) in [6.45, 7) is 6.18. The summed E-state index contributed by atoms with van der Waals surface area (Å²) in [7, 11) is 1.39. The molecule has 1 aliphatic rings. The summed E-state index contributed by atoms with van der Waals surface area (Å²) in [6, 6.07) is 0.